The smallest absolute Gasteiger partial charge is 0.290 e. The van der Waals surface area contributed by atoms with Gasteiger partial charge in [0.25, 0.3) is 6.47 Å². The molecule has 1 aromatic carbocycles. The van der Waals surface area contributed by atoms with Crippen molar-refractivity contribution in [2.45, 2.75) is 38.3 Å². The van der Waals surface area contributed by atoms with Crippen LogP contribution in [0.3, 0.4) is 0 Å². The van der Waals surface area contributed by atoms with Gasteiger partial charge in [0.2, 0.25) is 0 Å². The predicted octanol–water partition coefficient (Wildman–Crippen LogP) is 4.66. The number of hydrogen-bond donors (Lipinski definition) is 1. The summed E-state index contributed by atoms with van der Waals surface area (Å²) in [4.78, 5) is 22.4. The topological polar surface area (TPSA) is 90.1 Å². The standard InChI is InChI=1S/C22H21ClN4O.CH2O2/c1-14-10-17(7-9-28-14)27-21(12-16-4-2-3-8-24-16)26-20-13-25-19-6-5-15(23)11-18(19)22(20)27;2-1-3/h2-6,8,11,13-14,17H,7,9-10,12H2,1H3;1H,(H,2,3)/t14-,17-;/m1./s1. The van der Waals surface area contributed by atoms with E-state index in [-0.39, 0.29) is 12.6 Å². The lowest BCUT2D eigenvalue weighted by Gasteiger charge is -2.30. The van der Waals surface area contributed by atoms with E-state index in [1.807, 2.05) is 48.8 Å². The SMILES string of the molecule is C[C@@H]1C[C@H](n2c(Cc3ccccn3)nc3cnc4ccc(Cl)cc4c32)CCO1.O=CO. The molecule has 2 atom stereocenters. The number of nitrogens with zero attached hydrogens (tertiary/aromatic N) is 4. The fourth-order valence-corrected chi connectivity index (χ4v) is 4.36. The monoisotopic (exact) mass is 438 g/mol. The molecule has 4 aromatic rings. The first-order valence-electron chi connectivity index (χ1n) is 10.1. The van der Waals surface area contributed by atoms with Gasteiger partial charge >= 0.3 is 0 Å². The van der Waals surface area contributed by atoms with Crippen LogP contribution in [0.1, 0.15) is 37.3 Å². The summed E-state index contributed by atoms with van der Waals surface area (Å²) in [5.74, 6) is 1.02. The maximum atomic E-state index is 8.36. The van der Waals surface area contributed by atoms with Gasteiger partial charge in [-0.2, -0.15) is 0 Å². The molecule has 0 amide bonds. The maximum absolute atomic E-state index is 8.36. The number of fused-ring (bicyclic) bond motifs is 3. The van der Waals surface area contributed by atoms with E-state index >= 15 is 0 Å². The minimum absolute atomic E-state index is 0.232. The molecular weight excluding hydrogens is 416 g/mol. The number of carbonyl (C=O) groups is 1. The van der Waals surface area contributed by atoms with Crippen molar-refractivity contribution in [3.8, 4) is 0 Å². The number of pyridine rings is 2. The fraction of sp³-hybridized carbons (Fsp3) is 0.304. The fourth-order valence-electron chi connectivity index (χ4n) is 4.19. The highest BCUT2D eigenvalue weighted by molar-refractivity contribution is 6.31. The van der Waals surface area contributed by atoms with E-state index in [4.69, 9.17) is 31.2 Å². The van der Waals surface area contributed by atoms with Crippen molar-refractivity contribution in [2.75, 3.05) is 6.61 Å². The Morgan fingerprint density at radius 1 is 1.26 bits per heavy atom. The highest BCUT2D eigenvalue weighted by Gasteiger charge is 2.26. The Hall–Kier alpha value is -3.03. The number of ether oxygens (including phenoxy) is 1. The van der Waals surface area contributed by atoms with Gasteiger partial charge in [0, 0.05) is 41.4 Å². The molecule has 31 heavy (non-hydrogen) atoms. The van der Waals surface area contributed by atoms with Crippen LogP contribution in [0.4, 0.5) is 0 Å². The van der Waals surface area contributed by atoms with Crippen molar-refractivity contribution < 1.29 is 14.6 Å². The largest absolute Gasteiger partial charge is 0.483 e. The highest BCUT2D eigenvalue weighted by atomic mass is 35.5. The second-order valence-electron chi connectivity index (χ2n) is 7.51. The molecule has 3 aromatic heterocycles. The number of halogens is 1. The molecule has 0 aliphatic carbocycles. The zero-order valence-electron chi connectivity index (χ0n) is 17.1. The summed E-state index contributed by atoms with van der Waals surface area (Å²) in [6.07, 6.45) is 6.54. The van der Waals surface area contributed by atoms with Gasteiger partial charge in [0.15, 0.2) is 0 Å². The van der Waals surface area contributed by atoms with Crippen LogP contribution in [0.15, 0.2) is 48.8 Å². The third-order valence-corrected chi connectivity index (χ3v) is 5.67. The third-order valence-electron chi connectivity index (χ3n) is 5.44. The van der Waals surface area contributed by atoms with Crippen LogP contribution in [0, 0.1) is 0 Å². The molecule has 1 saturated heterocycles. The molecule has 0 unspecified atom stereocenters. The third kappa shape index (κ3) is 4.52. The molecule has 1 fully saturated rings. The van der Waals surface area contributed by atoms with Gasteiger partial charge < -0.3 is 14.4 Å². The van der Waals surface area contributed by atoms with Crippen LogP contribution < -0.4 is 0 Å². The quantitative estimate of drug-likeness (QED) is 0.467. The number of benzene rings is 1. The van der Waals surface area contributed by atoms with E-state index in [2.05, 4.69) is 21.5 Å². The number of hydrogen-bond acceptors (Lipinski definition) is 5. The van der Waals surface area contributed by atoms with E-state index < -0.39 is 0 Å². The van der Waals surface area contributed by atoms with Gasteiger partial charge in [-0.25, -0.2) is 4.98 Å². The van der Waals surface area contributed by atoms with Gasteiger partial charge in [0.05, 0.1) is 23.3 Å². The molecule has 1 aliphatic heterocycles. The molecule has 160 valence electrons. The van der Waals surface area contributed by atoms with E-state index in [9.17, 15) is 0 Å². The van der Waals surface area contributed by atoms with Gasteiger partial charge in [0.1, 0.15) is 11.3 Å². The van der Waals surface area contributed by atoms with Crippen LogP contribution in [0.25, 0.3) is 21.9 Å². The number of carboxylic acid groups (broad SMARTS) is 1. The summed E-state index contributed by atoms with van der Waals surface area (Å²) in [7, 11) is 0. The summed E-state index contributed by atoms with van der Waals surface area (Å²) in [5, 5.41) is 8.64. The minimum Gasteiger partial charge on any atom is -0.483 e. The van der Waals surface area contributed by atoms with E-state index in [0.717, 1.165) is 52.9 Å². The summed E-state index contributed by atoms with van der Waals surface area (Å²) >= 11 is 6.33. The predicted molar refractivity (Wildman–Crippen MR) is 119 cm³/mol. The Labute approximate surface area is 184 Å². The molecule has 0 radical (unpaired) electrons. The summed E-state index contributed by atoms with van der Waals surface area (Å²) < 4.78 is 8.20. The van der Waals surface area contributed by atoms with Crippen LogP contribution in [0.2, 0.25) is 5.02 Å². The summed E-state index contributed by atoms with van der Waals surface area (Å²) in [6, 6.07) is 12.2. The summed E-state index contributed by atoms with van der Waals surface area (Å²) in [5.41, 5.74) is 3.95. The Balaban J connectivity index is 0.000000730. The van der Waals surface area contributed by atoms with Gasteiger partial charge in [-0.05, 0) is 50.1 Å². The van der Waals surface area contributed by atoms with Crippen molar-refractivity contribution in [2.24, 2.45) is 0 Å². The average Bonchev–Trinajstić information content (AvgIpc) is 3.13. The van der Waals surface area contributed by atoms with Crippen LogP contribution in [-0.4, -0.2) is 43.8 Å². The molecule has 7 nitrogen and oxygen atoms in total. The Kier molecular flexibility index (Phi) is 6.44. The lowest BCUT2D eigenvalue weighted by molar-refractivity contribution is -0.122. The first kappa shape index (κ1) is 21.2. The summed E-state index contributed by atoms with van der Waals surface area (Å²) in [6.45, 7) is 2.65. The number of imidazole rings is 1. The molecule has 0 bridgehead atoms. The van der Waals surface area contributed by atoms with Crippen molar-refractivity contribution in [3.63, 3.8) is 0 Å². The Morgan fingerprint density at radius 3 is 2.84 bits per heavy atom. The first-order chi connectivity index (χ1) is 15.1. The van der Waals surface area contributed by atoms with Gasteiger partial charge in [-0.15, -0.1) is 0 Å². The van der Waals surface area contributed by atoms with Gasteiger partial charge in [-0.3, -0.25) is 14.8 Å². The molecule has 1 aliphatic rings. The van der Waals surface area contributed by atoms with Crippen LogP contribution in [-0.2, 0) is 16.0 Å². The van der Waals surface area contributed by atoms with E-state index in [0.29, 0.717) is 17.5 Å². The minimum atomic E-state index is -0.250. The molecule has 4 heterocycles. The van der Waals surface area contributed by atoms with Crippen molar-refractivity contribution in [1.29, 1.82) is 0 Å². The molecule has 8 heteroatoms. The molecule has 0 spiro atoms. The van der Waals surface area contributed by atoms with E-state index in [1.54, 1.807) is 0 Å². The molecule has 5 rings (SSSR count). The van der Waals surface area contributed by atoms with Crippen molar-refractivity contribution >= 4 is 40.0 Å². The second-order valence-corrected chi connectivity index (χ2v) is 7.95. The van der Waals surface area contributed by atoms with E-state index in [1.165, 1.54) is 0 Å². The Morgan fingerprint density at radius 2 is 2.10 bits per heavy atom. The average molecular weight is 439 g/mol. The number of aromatic nitrogens is 4. The lowest BCUT2D eigenvalue weighted by atomic mass is 10.0. The van der Waals surface area contributed by atoms with Crippen molar-refractivity contribution in [3.05, 3.63) is 65.3 Å². The zero-order valence-corrected chi connectivity index (χ0v) is 17.9. The van der Waals surface area contributed by atoms with Crippen molar-refractivity contribution in [1.82, 2.24) is 19.5 Å². The second kappa shape index (κ2) is 9.41. The molecular formula is C23H23ClN4O3. The van der Waals surface area contributed by atoms with Crippen LogP contribution >= 0.6 is 11.6 Å². The molecule has 1 N–H and O–H groups in total. The van der Waals surface area contributed by atoms with Crippen LogP contribution in [0.5, 0.6) is 0 Å². The maximum Gasteiger partial charge on any atom is 0.290 e. The normalized spacial score (nSPS) is 18.5. The molecule has 0 saturated carbocycles. The first-order valence-corrected chi connectivity index (χ1v) is 10.5. The highest BCUT2D eigenvalue weighted by Crippen LogP contribution is 2.34. The Bertz CT molecular complexity index is 1200. The lowest BCUT2D eigenvalue weighted by Crippen LogP contribution is -2.26. The van der Waals surface area contributed by atoms with Gasteiger partial charge in [-0.1, -0.05) is 17.7 Å². The zero-order chi connectivity index (χ0) is 21.8. The number of rotatable bonds is 3.